The van der Waals surface area contributed by atoms with Crippen molar-refractivity contribution in [1.29, 1.82) is 0 Å². The van der Waals surface area contributed by atoms with Crippen molar-refractivity contribution >= 4 is 23.2 Å². The molecule has 0 N–H and O–H groups in total. The number of rotatable bonds is 0. The molecule has 0 atom stereocenters. The summed E-state index contributed by atoms with van der Waals surface area (Å²) in [5.74, 6) is 0. The first-order valence-corrected chi connectivity index (χ1v) is 16.0. The molecule has 2 heteroatoms. The summed E-state index contributed by atoms with van der Waals surface area (Å²) in [5, 5.41) is 0. The number of alkyl halides is 2. The molecule has 0 heterocycles. The van der Waals surface area contributed by atoms with Gasteiger partial charge in [-0.05, 0) is 168 Å². The van der Waals surface area contributed by atoms with Crippen molar-refractivity contribution in [3.63, 3.8) is 0 Å². The van der Waals surface area contributed by atoms with Gasteiger partial charge in [0.1, 0.15) is 4.33 Å². The normalized spacial score (nSPS) is 55.5. The molecular formula is C31H32Cl2. The van der Waals surface area contributed by atoms with Crippen molar-refractivity contribution in [2.75, 3.05) is 0 Å². The molecule has 0 aromatic carbocycles. The lowest BCUT2D eigenvalue weighted by atomic mass is 10.1. The van der Waals surface area contributed by atoms with Crippen LogP contribution in [0.5, 0.6) is 0 Å². The standard InChI is InChI=1S/C31H32Cl2/c32-31(33)29(25(17(1-2-17)18(25)3-4-18)26(29)19(5-6-19)20(26)7-8-20)30(31)27(21(9-10-21)22(27)11-12-22)28(30)23(13-14-23)24(28)15-16-24/h1-16H2. The van der Waals surface area contributed by atoms with Crippen LogP contribution in [0.2, 0.25) is 0 Å². The third-order valence-electron chi connectivity index (χ3n) is 19.8. The van der Waals surface area contributed by atoms with Gasteiger partial charge in [-0.1, -0.05) is 0 Å². The minimum absolute atomic E-state index is 0.341. The largest absolute Gasteiger partial charge is 0.133 e. The molecule has 0 amide bonds. The van der Waals surface area contributed by atoms with Crippen molar-refractivity contribution in [3.05, 3.63) is 0 Å². The summed E-state index contributed by atoms with van der Waals surface area (Å²) in [6.45, 7) is 0. The van der Waals surface area contributed by atoms with Gasteiger partial charge in [0.2, 0.25) is 0 Å². The van der Waals surface area contributed by atoms with E-state index < -0.39 is 0 Å². The summed E-state index contributed by atoms with van der Waals surface area (Å²) in [6.07, 6.45) is 25.3. The molecule has 170 valence electrons. The summed E-state index contributed by atoms with van der Waals surface area (Å²) >= 11 is 16.5. The van der Waals surface area contributed by atoms with Crippen LogP contribution >= 0.6 is 23.2 Å². The van der Waals surface area contributed by atoms with Gasteiger partial charge in [0, 0.05) is 10.8 Å². The zero-order chi connectivity index (χ0) is 20.8. The molecule has 14 spiro atoms. The average molecular weight is 476 g/mol. The third-order valence-corrected chi connectivity index (χ3v) is 21.0. The van der Waals surface area contributed by atoms with Crippen LogP contribution in [0.25, 0.3) is 0 Å². The van der Waals surface area contributed by atoms with Crippen molar-refractivity contribution in [2.45, 2.75) is 107 Å². The van der Waals surface area contributed by atoms with E-state index in [1.165, 1.54) is 0 Å². The van der Waals surface area contributed by atoms with E-state index in [9.17, 15) is 0 Å². The van der Waals surface area contributed by atoms with Gasteiger partial charge in [0.15, 0.2) is 0 Å². The Kier molecular flexibility index (Phi) is 1.36. The van der Waals surface area contributed by atoms with Crippen molar-refractivity contribution in [1.82, 2.24) is 0 Å². The third kappa shape index (κ3) is 0.656. The molecule has 15 aliphatic carbocycles. The number of fused-ring (bicyclic) bond motifs is 19. The van der Waals surface area contributed by atoms with E-state index in [0.29, 0.717) is 32.5 Å². The minimum atomic E-state index is -0.341. The second-order valence-corrected chi connectivity index (χ2v) is 19.1. The summed E-state index contributed by atoms with van der Waals surface area (Å²) in [7, 11) is 0. The fourth-order valence-electron chi connectivity index (χ4n) is 20.6. The SMILES string of the molecule is ClC1(Cl)C2(C3(C4(CC4)C34CC4)C23C2(CC2)C32CC2)C12C1(C3(CC3)C13CC3)C21C2(CC2)C12CC2. The van der Waals surface area contributed by atoms with E-state index in [1.807, 2.05) is 0 Å². The van der Waals surface area contributed by atoms with Gasteiger partial charge in [-0.2, -0.15) is 0 Å². The van der Waals surface area contributed by atoms with Gasteiger partial charge < -0.3 is 0 Å². The van der Waals surface area contributed by atoms with Gasteiger partial charge in [-0.3, -0.25) is 0 Å². The van der Waals surface area contributed by atoms with E-state index in [0.717, 1.165) is 43.3 Å². The Morgan fingerprint density at radius 3 is 0.515 bits per heavy atom. The van der Waals surface area contributed by atoms with Gasteiger partial charge >= 0.3 is 0 Å². The molecule has 0 aromatic heterocycles. The maximum Gasteiger partial charge on any atom is 0.133 e. The molecule has 0 nitrogen and oxygen atoms in total. The van der Waals surface area contributed by atoms with Crippen LogP contribution in [0.4, 0.5) is 0 Å². The highest BCUT2D eigenvalue weighted by Crippen LogP contribution is 3.45. The summed E-state index contributed by atoms with van der Waals surface area (Å²) in [6, 6.07) is 0. The predicted octanol–water partition coefficient (Wildman–Crippen LogP) is 7.42. The predicted molar refractivity (Wildman–Crippen MR) is 122 cm³/mol. The smallest absolute Gasteiger partial charge is 0.100 e. The van der Waals surface area contributed by atoms with Gasteiger partial charge in [0.05, 0.1) is 0 Å². The number of hydrogen-bond acceptors (Lipinski definition) is 0. The highest BCUT2D eigenvalue weighted by atomic mass is 35.5. The summed E-state index contributed by atoms with van der Waals surface area (Å²) < 4.78 is -0.341. The van der Waals surface area contributed by atoms with Gasteiger partial charge in [0.25, 0.3) is 0 Å². The minimum Gasteiger partial charge on any atom is -0.100 e. The maximum atomic E-state index is 8.25. The fourth-order valence-corrected chi connectivity index (χ4v) is 22.2. The molecule has 15 fully saturated rings. The fraction of sp³-hybridized carbons (Fsp3) is 1.00. The Morgan fingerprint density at radius 1 is 0.242 bits per heavy atom. The Balaban J connectivity index is 1.13. The highest BCUT2D eigenvalue weighted by Gasteiger charge is 3.45. The van der Waals surface area contributed by atoms with E-state index >= 15 is 0 Å². The topological polar surface area (TPSA) is 0 Å². The van der Waals surface area contributed by atoms with Gasteiger partial charge in [-0.25, -0.2) is 0 Å². The molecule has 0 saturated heterocycles. The highest BCUT2D eigenvalue weighted by molar-refractivity contribution is 6.54. The molecule has 15 aliphatic rings. The molecule has 15 saturated carbocycles. The second-order valence-electron chi connectivity index (χ2n) is 17.7. The summed E-state index contributed by atoms with van der Waals surface area (Å²) in [4.78, 5) is 0. The first kappa shape index (κ1) is 15.7. The Morgan fingerprint density at radius 2 is 0.394 bits per heavy atom. The van der Waals surface area contributed by atoms with Crippen LogP contribution in [0.1, 0.15) is 103 Å². The first-order chi connectivity index (χ1) is 15.9. The van der Waals surface area contributed by atoms with Crippen LogP contribution in [-0.4, -0.2) is 4.33 Å². The van der Waals surface area contributed by atoms with E-state index in [4.69, 9.17) is 23.2 Å². The van der Waals surface area contributed by atoms with Crippen molar-refractivity contribution in [3.8, 4) is 0 Å². The molecular weight excluding hydrogens is 443 g/mol. The van der Waals surface area contributed by atoms with Crippen LogP contribution in [0.15, 0.2) is 0 Å². The molecule has 0 aromatic rings. The zero-order valence-electron chi connectivity index (χ0n) is 19.6. The molecule has 15 rings (SSSR count). The molecule has 33 heavy (non-hydrogen) atoms. The van der Waals surface area contributed by atoms with Crippen LogP contribution in [0.3, 0.4) is 0 Å². The Bertz CT molecular complexity index is 1110. The van der Waals surface area contributed by atoms with Crippen LogP contribution in [0, 0.1) is 75.8 Å². The molecule has 0 unspecified atom stereocenters. The average Bonchev–Trinajstić information content (AvgIpc) is 3.51. The van der Waals surface area contributed by atoms with E-state index in [-0.39, 0.29) is 4.33 Å². The lowest BCUT2D eigenvalue weighted by Gasteiger charge is -1.95. The number of halogens is 2. The number of hydrogen-bond donors (Lipinski definition) is 0. The van der Waals surface area contributed by atoms with E-state index in [1.54, 1.807) is 103 Å². The maximum absolute atomic E-state index is 8.25. The Labute approximate surface area is 205 Å². The Hall–Kier alpha value is 0.580. The monoisotopic (exact) mass is 474 g/mol. The molecule has 0 bridgehead atoms. The van der Waals surface area contributed by atoms with Crippen LogP contribution in [-0.2, 0) is 0 Å². The molecule has 0 aliphatic heterocycles. The first-order valence-electron chi connectivity index (χ1n) is 15.3. The van der Waals surface area contributed by atoms with E-state index in [2.05, 4.69) is 0 Å². The quantitative estimate of drug-likeness (QED) is 0.320. The van der Waals surface area contributed by atoms with Crippen LogP contribution < -0.4 is 0 Å². The van der Waals surface area contributed by atoms with Crippen molar-refractivity contribution < 1.29 is 0 Å². The zero-order valence-corrected chi connectivity index (χ0v) is 21.1. The molecule has 0 radical (unpaired) electrons. The lowest BCUT2D eigenvalue weighted by molar-refractivity contribution is 0.476. The summed E-state index contributed by atoms with van der Waals surface area (Å²) in [5.41, 5.74) is 9.55. The van der Waals surface area contributed by atoms with Crippen molar-refractivity contribution in [2.24, 2.45) is 75.8 Å². The lowest BCUT2D eigenvalue weighted by Crippen LogP contribution is -1.96. The van der Waals surface area contributed by atoms with Gasteiger partial charge in [-0.15, -0.1) is 23.2 Å². The second kappa shape index (κ2) is 2.86.